The zero-order valence-electron chi connectivity index (χ0n) is 17.5. The Bertz CT molecular complexity index is 1220. The number of benzene rings is 1. The van der Waals surface area contributed by atoms with Gasteiger partial charge in [0.2, 0.25) is 6.41 Å². The number of halogens is 1. The Balaban J connectivity index is 1.98. The third-order valence-corrected chi connectivity index (χ3v) is 6.28. The van der Waals surface area contributed by atoms with E-state index >= 15 is 0 Å². The first-order valence-corrected chi connectivity index (χ1v) is 10.9. The van der Waals surface area contributed by atoms with Crippen molar-refractivity contribution in [1.29, 1.82) is 10.7 Å². The van der Waals surface area contributed by atoms with Crippen LogP contribution in [0.25, 0.3) is 27.8 Å². The lowest BCUT2D eigenvalue weighted by molar-refractivity contribution is -0.109. The fraction of sp³-hybridized carbons (Fsp3) is 0.208. The third-order valence-electron chi connectivity index (χ3n) is 5.07. The number of nitrogens with one attached hydrogen (secondary N) is 2. The highest BCUT2D eigenvalue weighted by Gasteiger charge is 2.17. The monoisotopic (exact) mass is 449 g/mol. The number of hydrogen-bond acceptors (Lipinski definition) is 5. The van der Waals surface area contributed by atoms with Gasteiger partial charge in [-0.2, -0.15) is 5.26 Å². The summed E-state index contributed by atoms with van der Waals surface area (Å²) in [7, 11) is 0. The van der Waals surface area contributed by atoms with Gasteiger partial charge in [0.15, 0.2) is 0 Å². The fourth-order valence-corrected chi connectivity index (χ4v) is 4.71. The van der Waals surface area contributed by atoms with Crippen LogP contribution in [0, 0.1) is 22.6 Å². The second kappa shape index (κ2) is 10.7. The van der Waals surface area contributed by atoms with E-state index in [1.54, 1.807) is 40.4 Å². The maximum absolute atomic E-state index is 14.3. The Morgan fingerprint density at radius 2 is 2.12 bits per heavy atom. The van der Waals surface area contributed by atoms with E-state index in [0.717, 1.165) is 33.7 Å². The molecule has 0 aliphatic carbocycles. The van der Waals surface area contributed by atoms with Crippen molar-refractivity contribution in [2.75, 3.05) is 6.54 Å². The molecule has 0 radical (unpaired) electrons. The number of pyridine rings is 1. The molecule has 4 N–H and O–H groups in total. The molecule has 0 saturated carbocycles. The van der Waals surface area contributed by atoms with Crippen molar-refractivity contribution in [3.63, 3.8) is 0 Å². The van der Waals surface area contributed by atoms with Gasteiger partial charge in [0.1, 0.15) is 17.4 Å². The summed E-state index contributed by atoms with van der Waals surface area (Å²) in [6.45, 7) is 4.28. The quantitative estimate of drug-likeness (QED) is 0.323. The largest absolute Gasteiger partial charge is 0.359 e. The van der Waals surface area contributed by atoms with Crippen LogP contribution in [0.1, 0.15) is 23.3 Å². The van der Waals surface area contributed by atoms with Crippen molar-refractivity contribution < 1.29 is 9.18 Å². The molecule has 32 heavy (non-hydrogen) atoms. The minimum absolute atomic E-state index is 0.00288. The van der Waals surface area contributed by atoms with Gasteiger partial charge in [-0.15, -0.1) is 11.3 Å². The SMILES string of the molecule is C=Cn1ccc(-c2sc(CC(N)CCCNC=O)cc2-c2ccc(C#N)c(F)c2)cc1=N. The predicted molar refractivity (Wildman–Crippen MR) is 125 cm³/mol. The topological polar surface area (TPSA) is 108 Å². The van der Waals surface area contributed by atoms with Crippen molar-refractivity contribution in [2.24, 2.45) is 5.73 Å². The van der Waals surface area contributed by atoms with Crippen LogP contribution in [0.5, 0.6) is 0 Å². The number of carbonyl (C=O) groups is 1. The molecule has 1 aromatic carbocycles. The van der Waals surface area contributed by atoms with Crippen molar-refractivity contribution in [2.45, 2.75) is 25.3 Å². The van der Waals surface area contributed by atoms with Gasteiger partial charge in [-0.25, -0.2) is 4.39 Å². The molecule has 0 fully saturated rings. The first kappa shape index (κ1) is 23.1. The predicted octanol–water partition coefficient (Wildman–Crippen LogP) is 3.87. The lowest BCUT2D eigenvalue weighted by Gasteiger charge is -2.09. The van der Waals surface area contributed by atoms with Crippen LogP contribution in [0.15, 0.2) is 49.2 Å². The van der Waals surface area contributed by atoms with Crippen molar-refractivity contribution >= 4 is 23.9 Å². The lowest BCUT2D eigenvalue weighted by atomic mass is 10.00. The summed E-state index contributed by atoms with van der Waals surface area (Å²) in [6.07, 6.45) is 6.19. The normalized spacial score (nSPS) is 11.5. The Kier molecular flexibility index (Phi) is 7.71. The zero-order valence-corrected chi connectivity index (χ0v) is 18.3. The summed E-state index contributed by atoms with van der Waals surface area (Å²) in [5, 5.41) is 19.9. The van der Waals surface area contributed by atoms with Gasteiger partial charge in [0.05, 0.1) is 5.56 Å². The van der Waals surface area contributed by atoms with E-state index in [1.165, 1.54) is 12.1 Å². The van der Waals surface area contributed by atoms with Crippen LogP contribution in [-0.2, 0) is 11.2 Å². The first-order valence-electron chi connectivity index (χ1n) is 10.1. The molecule has 2 aromatic heterocycles. The number of nitriles is 1. The summed E-state index contributed by atoms with van der Waals surface area (Å²) in [4.78, 5) is 12.3. The van der Waals surface area contributed by atoms with Gasteiger partial charge >= 0.3 is 0 Å². The highest BCUT2D eigenvalue weighted by atomic mass is 32.1. The molecule has 164 valence electrons. The van der Waals surface area contributed by atoms with E-state index in [0.29, 0.717) is 24.9 Å². The number of carbonyl (C=O) groups excluding carboxylic acids is 1. The van der Waals surface area contributed by atoms with Crippen LogP contribution in [0.2, 0.25) is 0 Å². The van der Waals surface area contributed by atoms with Gasteiger partial charge in [0, 0.05) is 40.3 Å². The molecule has 0 bridgehead atoms. The molecule has 6 nitrogen and oxygen atoms in total. The average Bonchev–Trinajstić information content (AvgIpc) is 3.20. The molecule has 3 rings (SSSR count). The van der Waals surface area contributed by atoms with E-state index < -0.39 is 5.82 Å². The van der Waals surface area contributed by atoms with Gasteiger partial charge < -0.3 is 15.6 Å². The summed E-state index contributed by atoms with van der Waals surface area (Å²) in [5.41, 5.74) is 8.91. The van der Waals surface area contributed by atoms with E-state index in [2.05, 4.69) is 11.9 Å². The molecule has 0 saturated heterocycles. The first-order chi connectivity index (χ1) is 15.5. The van der Waals surface area contributed by atoms with E-state index in [9.17, 15) is 9.18 Å². The number of amides is 1. The van der Waals surface area contributed by atoms with E-state index in [-0.39, 0.29) is 17.1 Å². The number of thiophene rings is 1. The summed E-state index contributed by atoms with van der Waals surface area (Å²) in [6, 6.07) is 12.0. The van der Waals surface area contributed by atoms with Gasteiger partial charge in [0.25, 0.3) is 0 Å². The van der Waals surface area contributed by atoms with Crippen molar-refractivity contribution in [3.05, 3.63) is 70.9 Å². The number of rotatable bonds is 10. The molecule has 0 aliphatic rings. The fourth-order valence-electron chi connectivity index (χ4n) is 3.44. The smallest absolute Gasteiger partial charge is 0.207 e. The minimum Gasteiger partial charge on any atom is -0.359 e. The van der Waals surface area contributed by atoms with Crippen LogP contribution in [-0.4, -0.2) is 23.6 Å². The number of nitrogens with zero attached hydrogens (tertiary/aromatic N) is 2. The Hall–Kier alpha value is -3.54. The van der Waals surface area contributed by atoms with Crippen LogP contribution in [0.4, 0.5) is 4.39 Å². The summed E-state index contributed by atoms with van der Waals surface area (Å²) >= 11 is 1.56. The Labute approximate surface area is 190 Å². The molecule has 0 spiro atoms. The second-order valence-corrected chi connectivity index (χ2v) is 8.47. The van der Waals surface area contributed by atoms with Crippen LogP contribution >= 0.6 is 11.3 Å². The minimum atomic E-state index is -0.568. The number of hydrogen-bond donors (Lipinski definition) is 3. The maximum atomic E-state index is 14.3. The molecule has 1 unspecified atom stereocenters. The molecule has 2 heterocycles. The molecule has 0 aliphatic heterocycles. The Morgan fingerprint density at radius 3 is 2.78 bits per heavy atom. The maximum Gasteiger partial charge on any atom is 0.207 e. The van der Waals surface area contributed by atoms with E-state index in [1.807, 2.05) is 18.2 Å². The van der Waals surface area contributed by atoms with Crippen molar-refractivity contribution in [1.82, 2.24) is 9.88 Å². The second-order valence-electron chi connectivity index (χ2n) is 7.33. The Morgan fingerprint density at radius 1 is 1.31 bits per heavy atom. The lowest BCUT2D eigenvalue weighted by Crippen LogP contribution is -2.24. The van der Waals surface area contributed by atoms with Gasteiger partial charge in [-0.1, -0.05) is 12.6 Å². The summed E-state index contributed by atoms with van der Waals surface area (Å²) in [5.74, 6) is -0.568. The zero-order chi connectivity index (χ0) is 23.1. The highest BCUT2D eigenvalue weighted by molar-refractivity contribution is 7.16. The molecule has 1 amide bonds. The number of nitrogens with two attached hydrogens (primary N) is 1. The molecule has 8 heteroatoms. The highest BCUT2D eigenvalue weighted by Crippen LogP contribution is 2.40. The molecular weight excluding hydrogens is 425 g/mol. The van der Waals surface area contributed by atoms with Crippen molar-refractivity contribution in [3.8, 4) is 27.6 Å². The van der Waals surface area contributed by atoms with Crippen LogP contribution in [0.3, 0.4) is 0 Å². The number of aromatic nitrogens is 1. The third kappa shape index (κ3) is 5.38. The average molecular weight is 450 g/mol. The summed E-state index contributed by atoms with van der Waals surface area (Å²) < 4.78 is 15.9. The van der Waals surface area contributed by atoms with Gasteiger partial charge in [-0.3, -0.25) is 10.2 Å². The standard InChI is InChI=1S/C24H24FN5OS/c1-2-30-9-7-17(11-23(30)28)24-21(16-5-6-18(14-26)22(25)10-16)13-20(32-24)12-19(27)4-3-8-29-15-31/h2,5-7,9-11,13,15,19,28H,1,3-4,8,12,27H2,(H,29,31). The van der Waals surface area contributed by atoms with Gasteiger partial charge in [-0.05, 0) is 60.7 Å². The molecule has 3 aromatic rings. The molecule has 1 atom stereocenters. The van der Waals surface area contributed by atoms with Crippen LogP contribution < -0.4 is 16.5 Å². The molecular formula is C24H24FN5OS. The van der Waals surface area contributed by atoms with E-state index in [4.69, 9.17) is 16.4 Å².